The molecule has 0 unspecified atom stereocenters. The highest BCUT2D eigenvalue weighted by molar-refractivity contribution is 5.77. The zero-order valence-electron chi connectivity index (χ0n) is 9.02. The molecule has 15 heavy (non-hydrogen) atoms. The van der Waals surface area contributed by atoms with E-state index in [4.69, 9.17) is 4.74 Å². The minimum absolute atomic E-state index is 0.807. The van der Waals surface area contributed by atoms with Crippen molar-refractivity contribution >= 4 is 11.6 Å². The molecule has 0 bridgehead atoms. The predicted octanol–water partition coefficient (Wildman–Crippen LogP) is 2.64. The van der Waals surface area contributed by atoms with Crippen LogP contribution in [0.15, 0.2) is 35.4 Å². The molecular weight excluding hydrogens is 188 g/mol. The van der Waals surface area contributed by atoms with Crippen molar-refractivity contribution in [1.29, 1.82) is 0 Å². The maximum Gasteiger partial charge on any atom is 0.206 e. The van der Waals surface area contributed by atoms with Gasteiger partial charge in [-0.3, -0.25) is 5.01 Å². The average Bonchev–Trinajstić information content (AvgIpc) is 2.31. The molecule has 0 saturated carbocycles. The number of nitrogens with zero attached hydrogens (tertiary/aromatic N) is 2. The Balaban J connectivity index is 2.05. The molecule has 0 N–H and O–H groups in total. The van der Waals surface area contributed by atoms with Crippen LogP contribution in [0.4, 0.5) is 5.69 Å². The third-order valence-electron chi connectivity index (χ3n) is 2.45. The van der Waals surface area contributed by atoms with Crippen LogP contribution in [0.1, 0.15) is 19.3 Å². The first kappa shape index (κ1) is 10.0. The summed E-state index contributed by atoms with van der Waals surface area (Å²) in [5.74, 6) is 0.854. The lowest BCUT2D eigenvalue weighted by Crippen LogP contribution is -2.18. The summed E-state index contributed by atoms with van der Waals surface area (Å²) >= 11 is 0. The van der Waals surface area contributed by atoms with E-state index in [2.05, 4.69) is 5.10 Å². The Morgan fingerprint density at radius 1 is 1.20 bits per heavy atom. The number of ether oxygens (including phenoxy) is 1. The molecule has 3 nitrogen and oxygen atoms in total. The molecule has 1 aliphatic rings. The molecule has 0 spiro atoms. The highest BCUT2D eigenvalue weighted by Crippen LogP contribution is 2.14. The molecule has 2 rings (SSSR count). The Bertz CT molecular complexity index is 327. The molecule has 0 aromatic heterocycles. The summed E-state index contributed by atoms with van der Waals surface area (Å²) in [4.78, 5) is 0. The van der Waals surface area contributed by atoms with Gasteiger partial charge < -0.3 is 4.74 Å². The van der Waals surface area contributed by atoms with Gasteiger partial charge in [-0.2, -0.15) is 0 Å². The first-order valence-corrected chi connectivity index (χ1v) is 5.35. The second-order valence-electron chi connectivity index (χ2n) is 3.66. The highest BCUT2D eigenvalue weighted by Gasteiger charge is 2.08. The topological polar surface area (TPSA) is 24.8 Å². The van der Waals surface area contributed by atoms with E-state index >= 15 is 0 Å². The minimum Gasteiger partial charge on any atom is -0.480 e. The van der Waals surface area contributed by atoms with Gasteiger partial charge in [0.15, 0.2) is 0 Å². The normalized spacial score (nSPS) is 18.6. The van der Waals surface area contributed by atoms with Gasteiger partial charge in [-0.25, -0.2) is 0 Å². The van der Waals surface area contributed by atoms with E-state index in [1.165, 1.54) is 6.42 Å². The van der Waals surface area contributed by atoms with Crippen molar-refractivity contribution < 1.29 is 4.74 Å². The molecule has 1 heterocycles. The minimum atomic E-state index is 0.807. The van der Waals surface area contributed by atoms with Gasteiger partial charge in [0.05, 0.1) is 12.3 Å². The molecule has 0 aliphatic carbocycles. The number of anilines is 1. The molecule has 1 fully saturated rings. The lowest BCUT2D eigenvalue weighted by Gasteiger charge is -2.18. The largest absolute Gasteiger partial charge is 0.480 e. The second kappa shape index (κ2) is 4.82. The molecule has 1 aliphatic heterocycles. The molecule has 3 heteroatoms. The molecule has 1 aromatic carbocycles. The van der Waals surface area contributed by atoms with Crippen LogP contribution >= 0.6 is 0 Å². The van der Waals surface area contributed by atoms with Crippen LogP contribution in [-0.4, -0.2) is 19.6 Å². The van der Waals surface area contributed by atoms with E-state index in [0.717, 1.165) is 31.0 Å². The molecule has 0 amide bonds. The first-order valence-electron chi connectivity index (χ1n) is 5.35. The Hall–Kier alpha value is -1.51. The van der Waals surface area contributed by atoms with Gasteiger partial charge in [-0.1, -0.05) is 18.2 Å². The van der Waals surface area contributed by atoms with Crippen LogP contribution in [0, 0.1) is 0 Å². The van der Waals surface area contributed by atoms with E-state index in [-0.39, 0.29) is 0 Å². The van der Waals surface area contributed by atoms with Gasteiger partial charge in [-0.15, -0.1) is 5.10 Å². The number of hydrazone groups is 1. The van der Waals surface area contributed by atoms with Gasteiger partial charge in [0.25, 0.3) is 0 Å². The van der Waals surface area contributed by atoms with Crippen LogP contribution in [0.5, 0.6) is 0 Å². The fraction of sp³-hybridized carbons (Fsp3) is 0.417. The fourth-order valence-corrected chi connectivity index (χ4v) is 1.59. The maximum absolute atomic E-state index is 5.48. The summed E-state index contributed by atoms with van der Waals surface area (Å²) in [6.07, 6.45) is 3.28. The SMILES string of the molecule is CN(N=C1CCCCO1)c1ccccc1. The van der Waals surface area contributed by atoms with E-state index in [1.807, 2.05) is 42.4 Å². The Labute approximate surface area is 90.4 Å². The van der Waals surface area contributed by atoms with Crippen molar-refractivity contribution in [2.24, 2.45) is 5.10 Å². The number of hydrogen-bond donors (Lipinski definition) is 0. The third-order valence-corrected chi connectivity index (χ3v) is 2.45. The van der Waals surface area contributed by atoms with E-state index in [9.17, 15) is 0 Å². The van der Waals surface area contributed by atoms with Crippen molar-refractivity contribution in [2.45, 2.75) is 19.3 Å². The van der Waals surface area contributed by atoms with Gasteiger partial charge in [0, 0.05) is 13.5 Å². The van der Waals surface area contributed by atoms with Crippen LogP contribution in [-0.2, 0) is 4.74 Å². The molecular formula is C12H16N2O. The lowest BCUT2D eigenvalue weighted by atomic mass is 10.2. The monoisotopic (exact) mass is 204 g/mol. The summed E-state index contributed by atoms with van der Waals surface area (Å²) in [7, 11) is 1.94. The third kappa shape index (κ3) is 2.72. The number of benzene rings is 1. The van der Waals surface area contributed by atoms with Gasteiger partial charge in [0.1, 0.15) is 0 Å². The fourth-order valence-electron chi connectivity index (χ4n) is 1.59. The van der Waals surface area contributed by atoms with Crippen LogP contribution in [0.2, 0.25) is 0 Å². The summed E-state index contributed by atoms with van der Waals surface area (Å²) in [5, 5.41) is 6.30. The number of para-hydroxylation sites is 1. The second-order valence-corrected chi connectivity index (χ2v) is 3.66. The Morgan fingerprint density at radius 2 is 2.00 bits per heavy atom. The summed E-state index contributed by atoms with van der Waals surface area (Å²) in [6.45, 7) is 0.807. The standard InChI is InChI=1S/C12H16N2O/c1-14(11-7-3-2-4-8-11)13-12-9-5-6-10-15-12/h2-4,7-8H,5-6,9-10H2,1H3. The summed E-state index contributed by atoms with van der Waals surface area (Å²) in [5.41, 5.74) is 1.08. The van der Waals surface area contributed by atoms with Crippen LogP contribution in [0.25, 0.3) is 0 Å². The van der Waals surface area contributed by atoms with E-state index in [1.54, 1.807) is 0 Å². The first-order chi connectivity index (χ1) is 7.36. The maximum atomic E-state index is 5.48. The highest BCUT2D eigenvalue weighted by atomic mass is 16.5. The van der Waals surface area contributed by atoms with Gasteiger partial charge in [-0.05, 0) is 25.0 Å². The van der Waals surface area contributed by atoms with Crippen molar-refractivity contribution in [2.75, 3.05) is 18.7 Å². The smallest absolute Gasteiger partial charge is 0.206 e. The summed E-state index contributed by atoms with van der Waals surface area (Å²) in [6, 6.07) is 10.1. The Kier molecular flexibility index (Phi) is 3.22. The van der Waals surface area contributed by atoms with Crippen LogP contribution < -0.4 is 5.01 Å². The van der Waals surface area contributed by atoms with Crippen LogP contribution in [0.3, 0.4) is 0 Å². The number of rotatable bonds is 2. The molecule has 1 saturated heterocycles. The molecule has 80 valence electrons. The zero-order valence-corrected chi connectivity index (χ0v) is 9.02. The van der Waals surface area contributed by atoms with Gasteiger partial charge in [0.2, 0.25) is 5.90 Å². The van der Waals surface area contributed by atoms with E-state index < -0.39 is 0 Å². The van der Waals surface area contributed by atoms with Gasteiger partial charge >= 0.3 is 0 Å². The number of hydrogen-bond acceptors (Lipinski definition) is 3. The lowest BCUT2D eigenvalue weighted by molar-refractivity contribution is 0.258. The quantitative estimate of drug-likeness (QED) is 0.692. The van der Waals surface area contributed by atoms with E-state index in [0.29, 0.717) is 0 Å². The predicted molar refractivity (Wildman–Crippen MR) is 62.1 cm³/mol. The van der Waals surface area contributed by atoms with Crippen molar-refractivity contribution in [1.82, 2.24) is 0 Å². The molecule has 0 radical (unpaired) electrons. The summed E-state index contributed by atoms with van der Waals surface area (Å²) < 4.78 is 5.48. The van der Waals surface area contributed by atoms with Crippen molar-refractivity contribution in [3.8, 4) is 0 Å². The zero-order chi connectivity index (χ0) is 10.5. The average molecular weight is 204 g/mol. The Morgan fingerprint density at radius 3 is 2.67 bits per heavy atom. The molecule has 1 aromatic rings. The van der Waals surface area contributed by atoms with Crippen molar-refractivity contribution in [3.05, 3.63) is 30.3 Å². The molecule has 0 atom stereocenters. The van der Waals surface area contributed by atoms with Crippen molar-refractivity contribution in [3.63, 3.8) is 0 Å².